The van der Waals surface area contributed by atoms with E-state index in [2.05, 4.69) is 12.2 Å². The predicted octanol–water partition coefficient (Wildman–Crippen LogP) is 4.39. The maximum atomic E-state index is 5.65. The van der Waals surface area contributed by atoms with Crippen molar-refractivity contribution >= 4 is 11.6 Å². The molecule has 2 rings (SSSR count). The van der Waals surface area contributed by atoms with E-state index in [9.17, 15) is 0 Å². The van der Waals surface area contributed by atoms with E-state index in [1.165, 1.54) is 44.9 Å². The second kappa shape index (κ2) is 5.21. The van der Waals surface area contributed by atoms with Gasteiger partial charge in [0.25, 0.3) is 0 Å². The van der Waals surface area contributed by atoms with Crippen molar-refractivity contribution in [1.29, 1.82) is 0 Å². The topological polar surface area (TPSA) is 0 Å². The highest BCUT2D eigenvalue weighted by molar-refractivity contribution is 6.17. The lowest BCUT2D eigenvalue weighted by Gasteiger charge is -2.17. The summed E-state index contributed by atoms with van der Waals surface area (Å²) in [5.41, 5.74) is 0. The Labute approximate surface area is 92.7 Å². The van der Waals surface area contributed by atoms with E-state index >= 15 is 0 Å². The van der Waals surface area contributed by atoms with Crippen molar-refractivity contribution in [2.24, 2.45) is 17.8 Å². The SMILES string of the molecule is ClCCCCCCC1CC2C=CC1C2. The molecule has 0 aromatic carbocycles. The lowest BCUT2D eigenvalue weighted by molar-refractivity contribution is 0.395. The number of hydrogen-bond donors (Lipinski definition) is 0. The second-order valence-corrected chi connectivity index (χ2v) is 5.31. The molecule has 0 radical (unpaired) electrons. The summed E-state index contributed by atoms with van der Waals surface area (Å²) >= 11 is 5.65. The van der Waals surface area contributed by atoms with Crippen LogP contribution in [0.5, 0.6) is 0 Å². The largest absolute Gasteiger partial charge is 0.127 e. The van der Waals surface area contributed by atoms with Crippen LogP contribution in [0.1, 0.15) is 44.9 Å². The van der Waals surface area contributed by atoms with Gasteiger partial charge in [-0.1, -0.05) is 31.4 Å². The van der Waals surface area contributed by atoms with Gasteiger partial charge in [-0.05, 0) is 43.4 Å². The summed E-state index contributed by atoms with van der Waals surface area (Å²) in [5.74, 6) is 3.78. The van der Waals surface area contributed by atoms with Crippen LogP contribution in [0.3, 0.4) is 0 Å². The van der Waals surface area contributed by atoms with E-state index in [-0.39, 0.29) is 0 Å². The molecule has 0 aromatic heterocycles. The van der Waals surface area contributed by atoms with Crippen LogP contribution in [-0.4, -0.2) is 5.88 Å². The average Bonchev–Trinajstić information content (AvgIpc) is 2.79. The normalized spacial score (nSPS) is 34.2. The molecule has 0 amide bonds. The Kier molecular flexibility index (Phi) is 3.92. The van der Waals surface area contributed by atoms with E-state index in [1.54, 1.807) is 0 Å². The molecule has 1 saturated carbocycles. The minimum Gasteiger partial charge on any atom is -0.127 e. The van der Waals surface area contributed by atoms with E-state index in [1.807, 2.05) is 0 Å². The molecule has 2 aliphatic carbocycles. The summed E-state index contributed by atoms with van der Waals surface area (Å²) in [7, 11) is 0. The number of halogens is 1. The summed E-state index contributed by atoms with van der Waals surface area (Å²) in [6.45, 7) is 0. The summed E-state index contributed by atoms with van der Waals surface area (Å²) < 4.78 is 0. The molecule has 2 aliphatic rings. The zero-order valence-electron chi connectivity index (χ0n) is 8.92. The van der Waals surface area contributed by atoms with Gasteiger partial charge in [0.1, 0.15) is 0 Å². The fraction of sp³-hybridized carbons (Fsp3) is 0.846. The van der Waals surface area contributed by atoms with Crippen LogP contribution < -0.4 is 0 Å². The summed E-state index contributed by atoms with van der Waals surface area (Å²) in [6.07, 6.45) is 14.7. The molecule has 14 heavy (non-hydrogen) atoms. The van der Waals surface area contributed by atoms with E-state index in [0.717, 1.165) is 23.6 Å². The molecule has 0 heterocycles. The van der Waals surface area contributed by atoms with Gasteiger partial charge in [-0.3, -0.25) is 0 Å². The highest BCUT2D eigenvalue weighted by Crippen LogP contribution is 2.45. The molecule has 1 fully saturated rings. The van der Waals surface area contributed by atoms with Crippen LogP contribution in [0.2, 0.25) is 0 Å². The molecule has 0 saturated heterocycles. The van der Waals surface area contributed by atoms with Crippen molar-refractivity contribution in [3.05, 3.63) is 12.2 Å². The van der Waals surface area contributed by atoms with Gasteiger partial charge in [0.2, 0.25) is 0 Å². The van der Waals surface area contributed by atoms with Crippen LogP contribution in [0.25, 0.3) is 0 Å². The molecule has 3 unspecified atom stereocenters. The second-order valence-electron chi connectivity index (χ2n) is 4.93. The van der Waals surface area contributed by atoms with Crippen molar-refractivity contribution in [3.8, 4) is 0 Å². The van der Waals surface area contributed by atoms with Gasteiger partial charge in [0.15, 0.2) is 0 Å². The van der Waals surface area contributed by atoms with Crippen LogP contribution in [0.15, 0.2) is 12.2 Å². The van der Waals surface area contributed by atoms with E-state index < -0.39 is 0 Å². The molecule has 0 spiro atoms. The number of unbranched alkanes of at least 4 members (excludes halogenated alkanes) is 3. The van der Waals surface area contributed by atoms with Gasteiger partial charge < -0.3 is 0 Å². The smallest absolute Gasteiger partial charge is 0.0223 e. The van der Waals surface area contributed by atoms with Gasteiger partial charge in [0.05, 0.1) is 0 Å². The first-order valence-electron chi connectivity index (χ1n) is 6.14. The maximum Gasteiger partial charge on any atom is 0.0223 e. The standard InChI is InChI=1S/C13H21Cl/c14-8-4-2-1-3-5-12-9-11-6-7-13(12)10-11/h6-7,11-13H,1-5,8-10H2. The van der Waals surface area contributed by atoms with Crippen molar-refractivity contribution < 1.29 is 0 Å². The molecule has 0 N–H and O–H groups in total. The minimum absolute atomic E-state index is 0.844. The van der Waals surface area contributed by atoms with Crippen molar-refractivity contribution in [2.75, 3.05) is 5.88 Å². The summed E-state index contributed by atoms with van der Waals surface area (Å²) in [4.78, 5) is 0. The first-order chi connectivity index (χ1) is 6.90. The lowest BCUT2D eigenvalue weighted by atomic mass is 9.88. The molecular weight excluding hydrogens is 192 g/mol. The number of hydrogen-bond acceptors (Lipinski definition) is 0. The highest BCUT2D eigenvalue weighted by Gasteiger charge is 2.34. The number of allylic oxidation sites excluding steroid dienone is 2. The van der Waals surface area contributed by atoms with Crippen molar-refractivity contribution in [1.82, 2.24) is 0 Å². The zero-order chi connectivity index (χ0) is 9.80. The molecule has 2 bridgehead atoms. The van der Waals surface area contributed by atoms with Crippen LogP contribution in [0.4, 0.5) is 0 Å². The van der Waals surface area contributed by atoms with Gasteiger partial charge in [-0.25, -0.2) is 0 Å². The fourth-order valence-corrected chi connectivity index (χ4v) is 3.27. The number of alkyl halides is 1. The van der Waals surface area contributed by atoms with Gasteiger partial charge in [-0.15, -0.1) is 11.6 Å². The van der Waals surface area contributed by atoms with Crippen molar-refractivity contribution in [3.63, 3.8) is 0 Å². The Morgan fingerprint density at radius 3 is 2.50 bits per heavy atom. The number of fused-ring (bicyclic) bond motifs is 2. The third-order valence-electron chi connectivity index (χ3n) is 3.87. The first-order valence-corrected chi connectivity index (χ1v) is 6.68. The fourth-order valence-electron chi connectivity index (χ4n) is 3.08. The third kappa shape index (κ3) is 2.53. The summed E-state index contributed by atoms with van der Waals surface area (Å²) in [5, 5.41) is 0. The quantitative estimate of drug-likeness (QED) is 0.348. The molecule has 0 nitrogen and oxygen atoms in total. The van der Waals surface area contributed by atoms with Gasteiger partial charge in [-0.2, -0.15) is 0 Å². The predicted molar refractivity (Wildman–Crippen MR) is 62.6 cm³/mol. The van der Waals surface area contributed by atoms with E-state index in [4.69, 9.17) is 11.6 Å². The average molecular weight is 213 g/mol. The zero-order valence-corrected chi connectivity index (χ0v) is 9.68. The maximum absolute atomic E-state index is 5.65. The Morgan fingerprint density at radius 2 is 1.86 bits per heavy atom. The molecule has 1 heteroatoms. The van der Waals surface area contributed by atoms with Gasteiger partial charge in [0, 0.05) is 5.88 Å². The van der Waals surface area contributed by atoms with Crippen molar-refractivity contribution in [2.45, 2.75) is 44.9 Å². The Hall–Kier alpha value is 0.0300. The summed E-state index contributed by atoms with van der Waals surface area (Å²) in [6, 6.07) is 0. The molecule has 0 aliphatic heterocycles. The van der Waals surface area contributed by atoms with Crippen LogP contribution in [-0.2, 0) is 0 Å². The van der Waals surface area contributed by atoms with Crippen LogP contribution in [0, 0.1) is 17.8 Å². The monoisotopic (exact) mass is 212 g/mol. The molecule has 80 valence electrons. The minimum atomic E-state index is 0.844. The first kappa shape index (κ1) is 10.5. The van der Waals surface area contributed by atoms with Gasteiger partial charge >= 0.3 is 0 Å². The lowest BCUT2D eigenvalue weighted by Crippen LogP contribution is -2.06. The Balaban J connectivity index is 1.56. The molecule has 3 atom stereocenters. The Morgan fingerprint density at radius 1 is 1.00 bits per heavy atom. The number of rotatable bonds is 6. The van der Waals surface area contributed by atoms with E-state index in [0.29, 0.717) is 0 Å². The highest BCUT2D eigenvalue weighted by atomic mass is 35.5. The van der Waals surface area contributed by atoms with Crippen LogP contribution >= 0.6 is 11.6 Å². The molecular formula is C13H21Cl. The third-order valence-corrected chi connectivity index (χ3v) is 4.14. The Bertz CT molecular complexity index is 197. The molecule has 0 aromatic rings.